The molecule has 0 heterocycles. The Morgan fingerprint density at radius 3 is 2.73 bits per heavy atom. The smallest absolute Gasteiger partial charge is 0.111 e. The van der Waals surface area contributed by atoms with E-state index < -0.39 is 0 Å². The second kappa shape index (κ2) is 4.61. The largest absolute Gasteiger partial charge is 0.508 e. The molecule has 122 valence electrons. The number of fused-ring (bicyclic) bond motifs is 5. The monoisotopic (exact) mass is 303 g/mol. The molecule has 0 aliphatic heterocycles. The first-order valence-electron chi connectivity index (χ1n) is 8.90. The Hall–Kier alpha value is -0.800. The van der Waals surface area contributed by atoms with Gasteiger partial charge in [-0.25, -0.2) is 0 Å². The average molecular weight is 303 g/mol. The zero-order valence-corrected chi connectivity index (χ0v) is 13.7. The van der Waals surface area contributed by atoms with Crippen molar-refractivity contribution in [2.24, 2.45) is 40.2 Å². The lowest BCUT2D eigenvalue weighted by molar-refractivity contribution is -0.0937. The third kappa shape index (κ3) is 1.75. The number of hydrogen-bond donors (Lipinski definition) is 3. The molecule has 0 amide bonds. The molecular weight excluding hydrogens is 274 g/mol. The SMILES string of the molecule is C[C@]12C=CC(O)=C[C@H]1C[C@H](N)[C@@H]1[C@@H]2CC[C@]2(C)[C@@H](O)CC[C@@H]12. The summed E-state index contributed by atoms with van der Waals surface area (Å²) < 4.78 is 0. The van der Waals surface area contributed by atoms with Crippen LogP contribution in [-0.4, -0.2) is 22.4 Å². The van der Waals surface area contributed by atoms with Crippen molar-refractivity contribution >= 4 is 0 Å². The highest BCUT2D eigenvalue weighted by molar-refractivity contribution is 5.28. The van der Waals surface area contributed by atoms with Crippen molar-refractivity contribution in [2.75, 3.05) is 0 Å². The van der Waals surface area contributed by atoms with Gasteiger partial charge >= 0.3 is 0 Å². The van der Waals surface area contributed by atoms with Gasteiger partial charge < -0.3 is 15.9 Å². The van der Waals surface area contributed by atoms with E-state index in [1.807, 2.05) is 12.2 Å². The van der Waals surface area contributed by atoms with Gasteiger partial charge in [0.2, 0.25) is 0 Å². The quantitative estimate of drug-likeness (QED) is 0.644. The van der Waals surface area contributed by atoms with Crippen molar-refractivity contribution < 1.29 is 10.2 Å². The van der Waals surface area contributed by atoms with E-state index in [-0.39, 0.29) is 23.0 Å². The summed E-state index contributed by atoms with van der Waals surface area (Å²) in [6.45, 7) is 4.64. The lowest BCUT2D eigenvalue weighted by Crippen LogP contribution is -2.59. The fourth-order valence-corrected chi connectivity index (χ4v) is 6.49. The second-order valence-electron chi connectivity index (χ2n) is 8.72. The number of aliphatic hydroxyl groups is 2. The standard InChI is InChI=1S/C19H29NO2/c1-18-7-5-12(21)9-11(18)10-15(20)17-13-3-4-16(22)19(13,2)8-6-14(17)18/h5,7,9,11,13-17,21-22H,3-4,6,8,10,20H2,1-2H3/t11-,13-,14-,15-,16-,17-,18-,19-/m0/s1. The van der Waals surface area contributed by atoms with E-state index in [4.69, 9.17) is 5.73 Å². The Kier molecular flexibility index (Phi) is 3.09. The molecule has 0 saturated heterocycles. The van der Waals surface area contributed by atoms with Crippen molar-refractivity contribution in [1.82, 2.24) is 0 Å². The molecule has 4 rings (SSSR count). The van der Waals surface area contributed by atoms with Gasteiger partial charge in [0.15, 0.2) is 0 Å². The van der Waals surface area contributed by atoms with Crippen LogP contribution in [0, 0.1) is 34.5 Å². The van der Waals surface area contributed by atoms with E-state index in [1.54, 1.807) is 0 Å². The third-order valence-electron chi connectivity index (χ3n) is 7.89. The normalized spacial score (nSPS) is 56.8. The molecule has 0 aromatic carbocycles. The highest BCUT2D eigenvalue weighted by atomic mass is 16.3. The van der Waals surface area contributed by atoms with Crippen molar-refractivity contribution in [3.8, 4) is 0 Å². The van der Waals surface area contributed by atoms with E-state index in [0.29, 0.717) is 29.4 Å². The van der Waals surface area contributed by atoms with E-state index in [9.17, 15) is 10.2 Å². The van der Waals surface area contributed by atoms with Crippen molar-refractivity contribution in [3.05, 3.63) is 24.0 Å². The van der Waals surface area contributed by atoms with E-state index in [2.05, 4.69) is 19.9 Å². The second-order valence-corrected chi connectivity index (χ2v) is 8.72. The molecule has 3 nitrogen and oxygen atoms in total. The van der Waals surface area contributed by atoms with Crippen molar-refractivity contribution in [3.63, 3.8) is 0 Å². The van der Waals surface area contributed by atoms with Gasteiger partial charge in [-0.05, 0) is 78.8 Å². The van der Waals surface area contributed by atoms with E-state index in [1.165, 1.54) is 0 Å². The van der Waals surface area contributed by atoms with Crippen LogP contribution < -0.4 is 5.73 Å². The van der Waals surface area contributed by atoms with Crippen LogP contribution in [0.5, 0.6) is 0 Å². The van der Waals surface area contributed by atoms with E-state index in [0.717, 1.165) is 32.1 Å². The first kappa shape index (κ1) is 14.8. The Morgan fingerprint density at radius 2 is 1.95 bits per heavy atom. The molecule has 0 aromatic rings. The Bertz CT molecular complexity index is 542. The maximum atomic E-state index is 10.5. The van der Waals surface area contributed by atoms with Gasteiger partial charge in [-0.15, -0.1) is 0 Å². The average Bonchev–Trinajstić information content (AvgIpc) is 2.77. The summed E-state index contributed by atoms with van der Waals surface area (Å²) in [4.78, 5) is 0. The molecule has 8 atom stereocenters. The van der Waals surface area contributed by atoms with Crippen molar-refractivity contribution in [2.45, 2.75) is 58.1 Å². The van der Waals surface area contributed by atoms with Gasteiger partial charge in [-0.3, -0.25) is 0 Å². The van der Waals surface area contributed by atoms with Gasteiger partial charge in [-0.2, -0.15) is 0 Å². The van der Waals surface area contributed by atoms with Crippen LogP contribution in [0.2, 0.25) is 0 Å². The molecular formula is C19H29NO2. The fraction of sp³-hybridized carbons (Fsp3) is 0.789. The highest BCUT2D eigenvalue weighted by Gasteiger charge is 2.60. The van der Waals surface area contributed by atoms with Gasteiger partial charge in [0.05, 0.1) is 6.10 Å². The summed E-state index contributed by atoms with van der Waals surface area (Å²) >= 11 is 0. The topological polar surface area (TPSA) is 66.5 Å². The minimum absolute atomic E-state index is 0.0678. The summed E-state index contributed by atoms with van der Waals surface area (Å²) in [6, 6.07) is 0.188. The molecule has 0 radical (unpaired) electrons. The zero-order valence-electron chi connectivity index (χ0n) is 13.7. The minimum Gasteiger partial charge on any atom is -0.508 e. The minimum atomic E-state index is -0.151. The molecule has 22 heavy (non-hydrogen) atoms. The first-order valence-corrected chi connectivity index (χ1v) is 8.90. The lowest BCUT2D eigenvalue weighted by atomic mass is 9.46. The van der Waals surface area contributed by atoms with Crippen LogP contribution in [0.25, 0.3) is 0 Å². The fourth-order valence-electron chi connectivity index (χ4n) is 6.49. The van der Waals surface area contributed by atoms with Crippen LogP contribution in [0.4, 0.5) is 0 Å². The number of hydrogen-bond acceptors (Lipinski definition) is 3. The molecule has 3 saturated carbocycles. The lowest BCUT2D eigenvalue weighted by Gasteiger charge is -2.59. The zero-order chi connectivity index (χ0) is 15.7. The molecule has 3 heteroatoms. The van der Waals surface area contributed by atoms with Crippen LogP contribution in [0.15, 0.2) is 24.0 Å². The summed E-state index contributed by atoms with van der Waals surface area (Å²) in [5, 5.41) is 20.4. The van der Waals surface area contributed by atoms with Gasteiger partial charge in [0.25, 0.3) is 0 Å². The van der Waals surface area contributed by atoms with Crippen LogP contribution >= 0.6 is 0 Å². The number of nitrogens with two attached hydrogens (primary N) is 1. The Balaban J connectivity index is 1.72. The van der Waals surface area contributed by atoms with Crippen LogP contribution in [0.1, 0.15) is 46.0 Å². The summed E-state index contributed by atoms with van der Waals surface area (Å²) in [7, 11) is 0. The molecule has 4 aliphatic rings. The van der Waals surface area contributed by atoms with Crippen LogP contribution in [-0.2, 0) is 0 Å². The maximum absolute atomic E-state index is 10.5. The molecule has 0 bridgehead atoms. The molecule has 3 fully saturated rings. The molecule has 0 aromatic heterocycles. The Labute approximate surface area is 133 Å². The number of rotatable bonds is 0. The number of aliphatic hydroxyl groups excluding tert-OH is 2. The first-order chi connectivity index (χ1) is 10.4. The molecule has 0 unspecified atom stereocenters. The van der Waals surface area contributed by atoms with Crippen LogP contribution in [0.3, 0.4) is 0 Å². The van der Waals surface area contributed by atoms with Gasteiger partial charge in [-0.1, -0.05) is 19.9 Å². The van der Waals surface area contributed by atoms with Gasteiger partial charge in [0, 0.05) is 6.04 Å². The summed E-state index contributed by atoms with van der Waals surface area (Å²) in [6.07, 6.45) is 11.3. The predicted octanol–water partition coefficient (Wildman–Crippen LogP) is 3.16. The maximum Gasteiger partial charge on any atom is 0.111 e. The van der Waals surface area contributed by atoms with Crippen molar-refractivity contribution in [1.29, 1.82) is 0 Å². The molecule has 4 aliphatic carbocycles. The third-order valence-corrected chi connectivity index (χ3v) is 7.89. The highest BCUT2D eigenvalue weighted by Crippen LogP contribution is 2.64. The van der Waals surface area contributed by atoms with E-state index >= 15 is 0 Å². The number of allylic oxidation sites excluding steroid dienone is 3. The summed E-state index contributed by atoms with van der Waals surface area (Å²) in [5.74, 6) is 2.39. The molecule has 4 N–H and O–H groups in total. The Morgan fingerprint density at radius 1 is 1.18 bits per heavy atom. The predicted molar refractivity (Wildman–Crippen MR) is 87.1 cm³/mol. The van der Waals surface area contributed by atoms with Gasteiger partial charge in [0.1, 0.15) is 5.76 Å². The molecule has 0 spiro atoms. The summed E-state index contributed by atoms with van der Waals surface area (Å²) in [5.41, 5.74) is 6.82.